The molecule has 1 aliphatic heterocycles. The summed E-state index contributed by atoms with van der Waals surface area (Å²) in [5, 5.41) is 5.41. The van der Waals surface area contributed by atoms with Gasteiger partial charge in [0.15, 0.2) is 17.1 Å². The van der Waals surface area contributed by atoms with Gasteiger partial charge in [-0.15, -0.1) is 0 Å². The fraction of sp³-hybridized carbons (Fsp3) is 0.333. The van der Waals surface area contributed by atoms with Gasteiger partial charge < -0.3 is 9.64 Å². The van der Waals surface area contributed by atoms with Gasteiger partial charge in [0.05, 0.1) is 23.7 Å². The Labute approximate surface area is 222 Å². The number of carbonyl (C=O) groups is 1. The number of nitrogens with one attached hydrogen (secondary N) is 1. The number of halogens is 1. The summed E-state index contributed by atoms with van der Waals surface area (Å²) in [7, 11) is 0. The highest BCUT2D eigenvalue weighted by atomic mass is 19.1. The summed E-state index contributed by atoms with van der Waals surface area (Å²) >= 11 is 0. The summed E-state index contributed by atoms with van der Waals surface area (Å²) in [6.45, 7) is 8.12. The second-order valence-corrected chi connectivity index (χ2v) is 10.6. The van der Waals surface area contributed by atoms with Crippen molar-refractivity contribution in [3.63, 3.8) is 0 Å². The molecule has 6 rings (SSSR count). The van der Waals surface area contributed by atoms with Crippen molar-refractivity contribution < 1.29 is 13.9 Å². The third-order valence-electron chi connectivity index (χ3n) is 6.62. The quantitative estimate of drug-likeness (QED) is 0.375. The number of carbonyl (C=O) groups excluding carboxylic acids is 1. The highest BCUT2D eigenvalue weighted by molar-refractivity contribution is 5.90. The van der Waals surface area contributed by atoms with Crippen LogP contribution in [0.1, 0.15) is 38.1 Å². The van der Waals surface area contributed by atoms with Gasteiger partial charge in [-0.05, 0) is 45.9 Å². The van der Waals surface area contributed by atoms with E-state index in [1.165, 1.54) is 6.07 Å². The number of likely N-dealkylation sites (tertiary alicyclic amines) is 1. The zero-order chi connectivity index (χ0) is 27.5. The molecule has 0 spiro atoms. The van der Waals surface area contributed by atoms with Crippen molar-refractivity contribution in [2.75, 3.05) is 13.1 Å². The van der Waals surface area contributed by atoms with E-state index in [-0.39, 0.29) is 24.1 Å². The molecular formula is C27H27FN8O3. The first-order valence-corrected chi connectivity index (χ1v) is 12.6. The highest BCUT2D eigenvalue weighted by Crippen LogP contribution is 2.30. The smallest absolute Gasteiger partial charge is 0.410 e. The number of rotatable bonds is 4. The summed E-state index contributed by atoms with van der Waals surface area (Å²) in [6.07, 6.45) is 1.24. The maximum atomic E-state index is 14.4. The van der Waals surface area contributed by atoms with E-state index in [1.807, 2.05) is 26.8 Å². The maximum Gasteiger partial charge on any atom is 0.410 e. The van der Waals surface area contributed by atoms with Crippen molar-refractivity contribution in [2.45, 2.75) is 45.9 Å². The lowest BCUT2D eigenvalue weighted by molar-refractivity contribution is 0.00115. The first-order chi connectivity index (χ1) is 18.6. The Morgan fingerprint density at radius 3 is 2.67 bits per heavy atom. The molecular weight excluding hydrogens is 503 g/mol. The molecule has 1 N–H and O–H groups in total. The summed E-state index contributed by atoms with van der Waals surface area (Å²) in [5.74, 6) is -0.00466. The minimum atomic E-state index is -0.595. The van der Waals surface area contributed by atoms with E-state index in [4.69, 9.17) is 14.8 Å². The molecule has 1 amide bonds. The van der Waals surface area contributed by atoms with E-state index in [1.54, 1.807) is 51.5 Å². The van der Waals surface area contributed by atoms with E-state index >= 15 is 0 Å². The fourth-order valence-electron chi connectivity index (χ4n) is 4.83. The average Bonchev–Trinajstić information content (AvgIpc) is 3.36. The zero-order valence-electron chi connectivity index (χ0n) is 22.0. The Bertz CT molecular complexity index is 1790. The van der Waals surface area contributed by atoms with Gasteiger partial charge in [-0.1, -0.05) is 18.2 Å². The van der Waals surface area contributed by atoms with Crippen LogP contribution in [0, 0.1) is 12.7 Å². The molecule has 0 atom stereocenters. The monoisotopic (exact) mass is 530 g/mol. The molecule has 0 saturated carbocycles. The van der Waals surface area contributed by atoms with Crippen molar-refractivity contribution in [3.05, 3.63) is 70.2 Å². The summed E-state index contributed by atoms with van der Waals surface area (Å²) < 4.78 is 23.0. The van der Waals surface area contributed by atoms with Crippen molar-refractivity contribution in [2.24, 2.45) is 0 Å². The number of benzene rings is 1. The second-order valence-electron chi connectivity index (χ2n) is 10.6. The summed E-state index contributed by atoms with van der Waals surface area (Å²) in [5.41, 5.74) is 2.14. The number of hydrogen-bond donors (Lipinski definition) is 1. The van der Waals surface area contributed by atoms with Gasteiger partial charge in [0.1, 0.15) is 22.6 Å². The van der Waals surface area contributed by atoms with Gasteiger partial charge in [-0.3, -0.25) is 9.55 Å². The van der Waals surface area contributed by atoms with E-state index < -0.39 is 11.7 Å². The molecule has 5 aromatic rings. The number of aromatic nitrogens is 7. The van der Waals surface area contributed by atoms with Crippen LogP contribution in [0.3, 0.4) is 0 Å². The van der Waals surface area contributed by atoms with Crippen molar-refractivity contribution in [1.29, 1.82) is 0 Å². The molecule has 11 nitrogen and oxygen atoms in total. The van der Waals surface area contributed by atoms with Crippen molar-refractivity contribution in [3.8, 4) is 11.5 Å². The number of aryl methyl sites for hydroxylation is 1. The van der Waals surface area contributed by atoms with Gasteiger partial charge in [-0.2, -0.15) is 5.10 Å². The van der Waals surface area contributed by atoms with Crippen LogP contribution in [-0.2, 0) is 11.3 Å². The molecule has 0 unspecified atom stereocenters. The molecule has 200 valence electrons. The summed E-state index contributed by atoms with van der Waals surface area (Å²) in [6, 6.07) is 9.95. The maximum absolute atomic E-state index is 14.4. The third kappa shape index (κ3) is 4.41. The van der Waals surface area contributed by atoms with Crippen LogP contribution in [0.4, 0.5) is 9.18 Å². The number of fused-ring (bicyclic) bond motifs is 2. The number of hydrogen-bond acceptors (Lipinski definition) is 7. The molecule has 1 aromatic carbocycles. The molecule has 1 aliphatic rings. The Morgan fingerprint density at radius 2 is 1.92 bits per heavy atom. The van der Waals surface area contributed by atoms with Crippen LogP contribution in [0.2, 0.25) is 0 Å². The van der Waals surface area contributed by atoms with E-state index in [0.29, 0.717) is 58.1 Å². The van der Waals surface area contributed by atoms with Crippen molar-refractivity contribution >= 4 is 28.3 Å². The van der Waals surface area contributed by atoms with Crippen LogP contribution < -0.4 is 5.69 Å². The van der Waals surface area contributed by atoms with Gasteiger partial charge in [0, 0.05) is 24.8 Å². The lowest BCUT2D eigenvalue weighted by Crippen LogP contribution is -2.53. The molecule has 0 aliphatic carbocycles. The van der Waals surface area contributed by atoms with Gasteiger partial charge in [-0.25, -0.2) is 33.6 Å². The second kappa shape index (κ2) is 9.00. The number of amides is 1. The van der Waals surface area contributed by atoms with Crippen molar-refractivity contribution in [1.82, 2.24) is 39.2 Å². The van der Waals surface area contributed by atoms with E-state index in [2.05, 4.69) is 15.0 Å². The lowest BCUT2D eigenvalue weighted by atomic mass is 10.1. The summed E-state index contributed by atoms with van der Waals surface area (Å²) in [4.78, 5) is 43.5. The predicted octanol–water partition coefficient (Wildman–Crippen LogP) is 3.82. The van der Waals surface area contributed by atoms with Gasteiger partial charge in [0.2, 0.25) is 0 Å². The average molecular weight is 531 g/mol. The SMILES string of the molecule is Cc1nc(-c2nn(Cc3ccccc3F)c3ncccc23)nc2[nH]c(=O)n(C3CN(C(=O)OC(C)(C)C)C3)c12. The molecule has 1 fully saturated rings. The Kier molecular flexibility index (Phi) is 5.70. The topological polar surface area (TPSA) is 124 Å². The Hall–Kier alpha value is -4.61. The zero-order valence-corrected chi connectivity index (χ0v) is 22.0. The molecule has 39 heavy (non-hydrogen) atoms. The first-order valence-electron chi connectivity index (χ1n) is 12.6. The molecule has 12 heteroatoms. The number of ether oxygens (including phenoxy) is 1. The third-order valence-corrected chi connectivity index (χ3v) is 6.62. The number of aromatic amines is 1. The van der Waals surface area contributed by atoms with Crippen LogP contribution in [0.25, 0.3) is 33.7 Å². The minimum absolute atomic E-state index is 0.185. The Balaban J connectivity index is 1.35. The first kappa shape index (κ1) is 24.7. The fourth-order valence-corrected chi connectivity index (χ4v) is 4.83. The minimum Gasteiger partial charge on any atom is -0.444 e. The molecule has 5 heterocycles. The molecule has 1 saturated heterocycles. The van der Waals surface area contributed by atoms with Crippen LogP contribution >= 0.6 is 0 Å². The number of pyridine rings is 1. The number of imidazole rings is 1. The van der Waals surface area contributed by atoms with Crippen LogP contribution in [0.15, 0.2) is 47.4 Å². The normalized spacial score (nSPS) is 14.2. The Morgan fingerprint density at radius 1 is 1.15 bits per heavy atom. The number of H-pyrrole nitrogens is 1. The molecule has 0 bridgehead atoms. The largest absolute Gasteiger partial charge is 0.444 e. The van der Waals surface area contributed by atoms with Gasteiger partial charge >= 0.3 is 11.8 Å². The van der Waals surface area contributed by atoms with E-state index in [0.717, 1.165) is 0 Å². The standard InChI is InChI=1S/C27H27FN8O3/c1-15-21-23(32-25(37)36(21)17-13-34(14-17)26(38)39-27(2,3)4)31-22(30-15)20-18-9-7-11-29-24(18)35(33-20)12-16-8-5-6-10-19(16)28/h5-11,17H,12-14H2,1-4H3,(H,30,31,32,37). The van der Waals surface area contributed by atoms with E-state index in [9.17, 15) is 14.0 Å². The highest BCUT2D eigenvalue weighted by Gasteiger charge is 2.37. The van der Waals surface area contributed by atoms with Crippen LogP contribution in [-0.4, -0.2) is 64.0 Å². The van der Waals surface area contributed by atoms with Gasteiger partial charge in [0.25, 0.3) is 0 Å². The predicted molar refractivity (Wildman–Crippen MR) is 142 cm³/mol. The molecule has 4 aromatic heterocycles. The lowest BCUT2D eigenvalue weighted by Gasteiger charge is -2.40. The number of nitrogens with zero attached hydrogens (tertiary/aromatic N) is 7. The molecule has 0 radical (unpaired) electrons. The van der Waals surface area contributed by atoms with Crippen LogP contribution in [0.5, 0.6) is 0 Å².